The van der Waals surface area contributed by atoms with Crippen LogP contribution in [0, 0.1) is 12.3 Å². The van der Waals surface area contributed by atoms with Crippen LogP contribution in [0.25, 0.3) is 22.4 Å². The zero-order chi connectivity index (χ0) is 13.7. The van der Waals surface area contributed by atoms with Gasteiger partial charge in [0.25, 0.3) is 0 Å². The van der Waals surface area contributed by atoms with Crippen molar-refractivity contribution in [1.82, 2.24) is 9.97 Å². The van der Waals surface area contributed by atoms with Crippen molar-refractivity contribution >= 4 is 11.0 Å². The first-order valence-corrected chi connectivity index (χ1v) is 6.38. The van der Waals surface area contributed by atoms with E-state index in [1.54, 1.807) is 0 Å². The predicted molar refractivity (Wildman–Crippen MR) is 80.8 cm³/mol. The fourth-order valence-electron chi connectivity index (χ4n) is 1.81. The highest BCUT2D eigenvalue weighted by atomic mass is 14.9. The fraction of sp³-hybridized carbons (Fsp3) is 0.118. The minimum Gasteiger partial charge on any atom is -0.338 e. The molecule has 0 amide bonds. The summed E-state index contributed by atoms with van der Waals surface area (Å²) in [6, 6.07) is 15.8. The Hall–Kier alpha value is -2.53. The van der Waals surface area contributed by atoms with Crippen LogP contribution in [0.5, 0.6) is 0 Å². The van der Waals surface area contributed by atoms with Crippen LogP contribution in [0.4, 0.5) is 0 Å². The monoisotopic (exact) mass is 248 g/mol. The molecule has 0 aliphatic heterocycles. The smallest absolute Gasteiger partial charge is 0.138 e. The Morgan fingerprint density at radius 3 is 2.32 bits per heavy atom. The molecule has 0 bridgehead atoms. The normalized spacial score (nSPS) is 9.53. The van der Waals surface area contributed by atoms with E-state index in [2.05, 4.69) is 15.9 Å². The van der Waals surface area contributed by atoms with Gasteiger partial charge in [0.1, 0.15) is 5.82 Å². The van der Waals surface area contributed by atoms with Gasteiger partial charge in [-0.25, -0.2) is 4.98 Å². The van der Waals surface area contributed by atoms with Gasteiger partial charge in [-0.1, -0.05) is 44.0 Å². The average molecular weight is 248 g/mol. The van der Waals surface area contributed by atoms with Gasteiger partial charge in [0.15, 0.2) is 0 Å². The van der Waals surface area contributed by atoms with Crippen molar-refractivity contribution in [2.45, 2.75) is 13.8 Å². The number of benzene rings is 2. The maximum absolute atomic E-state index is 5.33. The Kier molecular flexibility index (Phi) is 4.00. The molecule has 0 unspecified atom stereocenters. The van der Waals surface area contributed by atoms with Gasteiger partial charge in [-0.15, -0.1) is 6.42 Å². The number of para-hydroxylation sites is 2. The second kappa shape index (κ2) is 5.88. The average Bonchev–Trinajstić information content (AvgIpc) is 2.93. The highest BCUT2D eigenvalue weighted by Gasteiger charge is 2.03. The molecule has 3 aromatic rings. The molecule has 0 spiro atoms. The number of H-pyrrole nitrogens is 1. The van der Waals surface area contributed by atoms with Crippen LogP contribution in [0.1, 0.15) is 19.4 Å². The summed E-state index contributed by atoms with van der Waals surface area (Å²) in [6.07, 6.45) is 5.33. The van der Waals surface area contributed by atoms with Crippen molar-refractivity contribution < 1.29 is 0 Å². The summed E-state index contributed by atoms with van der Waals surface area (Å²) in [4.78, 5) is 7.82. The largest absolute Gasteiger partial charge is 0.338 e. The Labute approximate surface area is 113 Å². The summed E-state index contributed by atoms with van der Waals surface area (Å²) in [7, 11) is 0. The molecule has 1 N–H and O–H groups in total. The van der Waals surface area contributed by atoms with Crippen molar-refractivity contribution in [3.8, 4) is 23.7 Å². The topological polar surface area (TPSA) is 28.7 Å². The minimum absolute atomic E-state index is 0.870. The number of nitrogens with zero attached hydrogens (tertiary/aromatic N) is 1. The molecule has 1 aromatic heterocycles. The van der Waals surface area contributed by atoms with Gasteiger partial charge in [0, 0.05) is 11.1 Å². The molecule has 1 heterocycles. The summed E-state index contributed by atoms with van der Waals surface area (Å²) in [5.41, 5.74) is 3.94. The van der Waals surface area contributed by atoms with Gasteiger partial charge in [-0.2, -0.15) is 0 Å². The number of imidazole rings is 1. The molecule has 0 fully saturated rings. The van der Waals surface area contributed by atoms with E-state index in [9.17, 15) is 0 Å². The van der Waals surface area contributed by atoms with Gasteiger partial charge in [-0.05, 0) is 24.3 Å². The Morgan fingerprint density at radius 2 is 1.68 bits per heavy atom. The van der Waals surface area contributed by atoms with E-state index < -0.39 is 0 Å². The fourth-order valence-corrected chi connectivity index (χ4v) is 1.81. The quantitative estimate of drug-likeness (QED) is 0.641. The van der Waals surface area contributed by atoms with E-state index >= 15 is 0 Å². The van der Waals surface area contributed by atoms with Gasteiger partial charge in [0.2, 0.25) is 0 Å². The molecule has 2 heteroatoms. The Balaban J connectivity index is 0.000000637. The minimum atomic E-state index is 0.870. The van der Waals surface area contributed by atoms with Crippen LogP contribution in [0.15, 0.2) is 48.5 Å². The molecule has 0 aliphatic rings. The van der Waals surface area contributed by atoms with Crippen molar-refractivity contribution in [1.29, 1.82) is 0 Å². The number of nitrogens with one attached hydrogen (secondary N) is 1. The number of aromatic nitrogens is 2. The maximum Gasteiger partial charge on any atom is 0.138 e. The van der Waals surface area contributed by atoms with E-state index in [1.807, 2.05) is 62.4 Å². The van der Waals surface area contributed by atoms with Gasteiger partial charge >= 0.3 is 0 Å². The highest BCUT2D eigenvalue weighted by Crippen LogP contribution is 2.20. The number of hydrogen-bond acceptors (Lipinski definition) is 1. The second-order valence-corrected chi connectivity index (χ2v) is 3.82. The molecule has 19 heavy (non-hydrogen) atoms. The molecule has 0 saturated carbocycles. The number of aromatic amines is 1. The van der Waals surface area contributed by atoms with E-state index in [0.717, 1.165) is 28.0 Å². The second-order valence-electron chi connectivity index (χ2n) is 3.82. The molecule has 3 rings (SSSR count). The van der Waals surface area contributed by atoms with Gasteiger partial charge < -0.3 is 4.98 Å². The van der Waals surface area contributed by atoms with E-state index in [1.165, 1.54) is 0 Å². The van der Waals surface area contributed by atoms with Crippen LogP contribution in [-0.2, 0) is 0 Å². The van der Waals surface area contributed by atoms with E-state index in [4.69, 9.17) is 6.42 Å². The van der Waals surface area contributed by atoms with Crippen molar-refractivity contribution in [3.05, 3.63) is 54.1 Å². The number of hydrogen-bond donors (Lipinski definition) is 1. The summed E-state index contributed by atoms with van der Waals surface area (Å²) < 4.78 is 0. The van der Waals surface area contributed by atoms with E-state index in [0.29, 0.717) is 0 Å². The third-order valence-corrected chi connectivity index (χ3v) is 2.71. The van der Waals surface area contributed by atoms with Crippen LogP contribution in [-0.4, -0.2) is 9.97 Å². The third-order valence-electron chi connectivity index (χ3n) is 2.71. The number of fused-ring (bicyclic) bond motifs is 1. The summed E-state index contributed by atoms with van der Waals surface area (Å²) in [6.45, 7) is 4.00. The van der Waals surface area contributed by atoms with Crippen LogP contribution >= 0.6 is 0 Å². The molecule has 94 valence electrons. The van der Waals surface area contributed by atoms with E-state index in [-0.39, 0.29) is 0 Å². The highest BCUT2D eigenvalue weighted by molar-refractivity contribution is 5.79. The van der Waals surface area contributed by atoms with Crippen LogP contribution < -0.4 is 0 Å². The zero-order valence-electron chi connectivity index (χ0n) is 11.1. The van der Waals surface area contributed by atoms with Crippen LogP contribution in [0.2, 0.25) is 0 Å². The number of rotatable bonds is 1. The molecule has 0 aliphatic carbocycles. The standard InChI is InChI=1S/C15H10N2.C2H6/c1-2-11-7-9-12(10-8-11)15-16-13-5-3-4-6-14(13)17-15;1-2/h1,3-10H,(H,16,17);1-2H3. The first-order valence-electron chi connectivity index (χ1n) is 6.38. The zero-order valence-corrected chi connectivity index (χ0v) is 11.1. The lowest BCUT2D eigenvalue weighted by molar-refractivity contribution is 1.33. The van der Waals surface area contributed by atoms with Crippen LogP contribution in [0.3, 0.4) is 0 Å². The summed E-state index contributed by atoms with van der Waals surface area (Å²) in [5.74, 6) is 3.47. The lowest BCUT2D eigenvalue weighted by Crippen LogP contribution is -1.80. The van der Waals surface area contributed by atoms with Crippen molar-refractivity contribution in [3.63, 3.8) is 0 Å². The molecule has 0 saturated heterocycles. The van der Waals surface area contributed by atoms with Gasteiger partial charge in [-0.3, -0.25) is 0 Å². The molecule has 0 atom stereocenters. The molecule has 0 radical (unpaired) electrons. The first kappa shape index (κ1) is 12.9. The number of terminal acetylenes is 1. The van der Waals surface area contributed by atoms with Crippen molar-refractivity contribution in [2.24, 2.45) is 0 Å². The molecule has 2 nitrogen and oxygen atoms in total. The van der Waals surface area contributed by atoms with Gasteiger partial charge in [0.05, 0.1) is 11.0 Å². The lowest BCUT2D eigenvalue weighted by Gasteiger charge is -1.96. The first-order chi connectivity index (χ1) is 9.36. The predicted octanol–water partition coefficient (Wildman–Crippen LogP) is 4.24. The maximum atomic E-state index is 5.33. The summed E-state index contributed by atoms with van der Waals surface area (Å²) in [5, 5.41) is 0. The SMILES string of the molecule is C#Cc1ccc(-c2nc3ccccc3[nH]2)cc1.CC. The molecule has 2 aromatic carbocycles. The lowest BCUT2D eigenvalue weighted by atomic mass is 10.1. The van der Waals surface area contributed by atoms with Crippen molar-refractivity contribution in [2.75, 3.05) is 0 Å². The Morgan fingerprint density at radius 1 is 1.00 bits per heavy atom. The summed E-state index contributed by atoms with van der Waals surface area (Å²) >= 11 is 0. The molecular formula is C17H16N2. The third kappa shape index (κ3) is 2.66. The Bertz CT molecular complexity index is 667. The molecular weight excluding hydrogens is 232 g/mol.